The van der Waals surface area contributed by atoms with Crippen LogP contribution in [0.4, 0.5) is 5.69 Å². The molecular formula is C15H23ClN2O2. The SMILES string of the molecule is CCCOc1ccc(Cl)cc1NC(=O)C(C)CNCC. The van der Waals surface area contributed by atoms with Crippen molar-refractivity contribution in [3.63, 3.8) is 0 Å². The number of rotatable bonds is 8. The summed E-state index contributed by atoms with van der Waals surface area (Å²) in [5, 5.41) is 6.61. The van der Waals surface area contributed by atoms with E-state index in [-0.39, 0.29) is 11.8 Å². The van der Waals surface area contributed by atoms with Gasteiger partial charge in [-0.25, -0.2) is 0 Å². The van der Waals surface area contributed by atoms with Gasteiger partial charge in [-0.1, -0.05) is 32.4 Å². The Morgan fingerprint density at radius 3 is 2.80 bits per heavy atom. The number of nitrogens with one attached hydrogen (secondary N) is 2. The molecule has 1 unspecified atom stereocenters. The highest BCUT2D eigenvalue weighted by Gasteiger charge is 2.15. The summed E-state index contributed by atoms with van der Waals surface area (Å²) in [6.07, 6.45) is 0.910. The van der Waals surface area contributed by atoms with Gasteiger partial charge in [0.05, 0.1) is 12.3 Å². The van der Waals surface area contributed by atoms with Crippen molar-refractivity contribution >= 4 is 23.2 Å². The third-order valence-electron chi connectivity index (χ3n) is 2.81. The molecule has 1 aromatic rings. The van der Waals surface area contributed by atoms with Crippen LogP contribution in [0.25, 0.3) is 0 Å². The van der Waals surface area contributed by atoms with Gasteiger partial charge in [-0.3, -0.25) is 4.79 Å². The van der Waals surface area contributed by atoms with Gasteiger partial charge in [0.25, 0.3) is 0 Å². The molecule has 0 saturated carbocycles. The number of anilines is 1. The molecule has 0 aliphatic carbocycles. The third kappa shape index (κ3) is 5.39. The second kappa shape index (κ2) is 8.82. The monoisotopic (exact) mass is 298 g/mol. The summed E-state index contributed by atoms with van der Waals surface area (Å²) < 4.78 is 5.61. The predicted octanol–water partition coefficient (Wildman–Crippen LogP) is 3.31. The fraction of sp³-hybridized carbons (Fsp3) is 0.533. The Balaban J connectivity index is 2.73. The molecule has 5 heteroatoms. The molecule has 0 radical (unpaired) electrons. The van der Waals surface area contributed by atoms with Gasteiger partial charge < -0.3 is 15.4 Å². The Bertz CT molecular complexity index is 438. The summed E-state index contributed by atoms with van der Waals surface area (Å²) >= 11 is 5.98. The van der Waals surface area contributed by atoms with Crippen molar-refractivity contribution in [2.45, 2.75) is 27.2 Å². The maximum Gasteiger partial charge on any atom is 0.228 e. The lowest BCUT2D eigenvalue weighted by molar-refractivity contribution is -0.119. The number of halogens is 1. The molecule has 0 spiro atoms. The first-order valence-electron chi connectivity index (χ1n) is 7.02. The molecule has 0 fully saturated rings. The van der Waals surface area contributed by atoms with Crippen LogP contribution in [0.3, 0.4) is 0 Å². The van der Waals surface area contributed by atoms with Gasteiger partial charge in [0, 0.05) is 17.5 Å². The first-order chi connectivity index (χ1) is 9.58. The van der Waals surface area contributed by atoms with Crippen molar-refractivity contribution < 1.29 is 9.53 Å². The van der Waals surface area contributed by atoms with Crippen molar-refractivity contribution in [2.75, 3.05) is 25.0 Å². The van der Waals surface area contributed by atoms with E-state index in [4.69, 9.17) is 16.3 Å². The number of ether oxygens (including phenoxy) is 1. The zero-order valence-corrected chi connectivity index (χ0v) is 13.1. The number of hydrogen-bond acceptors (Lipinski definition) is 3. The van der Waals surface area contributed by atoms with Crippen molar-refractivity contribution in [1.29, 1.82) is 0 Å². The van der Waals surface area contributed by atoms with Crippen LogP contribution in [0.1, 0.15) is 27.2 Å². The third-order valence-corrected chi connectivity index (χ3v) is 3.04. The minimum atomic E-state index is -0.118. The van der Waals surface area contributed by atoms with E-state index in [2.05, 4.69) is 10.6 Å². The zero-order valence-electron chi connectivity index (χ0n) is 12.3. The van der Waals surface area contributed by atoms with Crippen LogP contribution < -0.4 is 15.4 Å². The van der Waals surface area contributed by atoms with Crippen LogP contribution in [-0.4, -0.2) is 25.6 Å². The van der Waals surface area contributed by atoms with Crippen LogP contribution in [0.5, 0.6) is 5.75 Å². The first kappa shape index (κ1) is 16.8. The molecule has 0 aliphatic heterocycles. The maximum atomic E-state index is 12.1. The quantitative estimate of drug-likeness (QED) is 0.774. The Morgan fingerprint density at radius 2 is 2.15 bits per heavy atom. The lowest BCUT2D eigenvalue weighted by Gasteiger charge is -2.15. The van der Waals surface area contributed by atoms with Gasteiger partial charge in [-0.05, 0) is 31.2 Å². The van der Waals surface area contributed by atoms with E-state index < -0.39 is 0 Å². The highest BCUT2D eigenvalue weighted by molar-refractivity contribution is 6.31. The van der Waals surface area contributed by atoms with Gasteiger partial charge >= 0.3 is 0 Å². The second-order valence-corrected chi connectivity index (χ2v) is 5.12. The van der Waals surface area contributed by atoms with E-state index in [0.717, 1.165) is 13.0 Å². The number of carbonyl (C=O) groups is 1. The Kier molecular flexibility index (Phi) is 7.41. The van der Waals surface area contributed by atoms with Crippen LogP contribution in [-0.2, 0) is 4.79 Å². The van der Waals surface area contributed by atoms with Gasteiger partial charge in [0.2, 0.25) is 5.91 Å². The smallest absolute Gasteiger partial charge is 0.228 e. The lowest BCUT2D eigenvalue weighted by atomic mass is 10.1. The Labute approximate surface area is 125 Å². The summed E-state index contributed by atoms with van der Waals surface area (Å²) in [5.74, 6) is 0.489. The molecule has 4 nitrogen and oxygen atoms in total. The fourth-order valence-corrected chi connectivity index (χ4v) is 1.82. The van der Waals surface area contributed by atoms with Gasteiger partial charge in [-0.15, -0.1) is 0 Å². The fourth-order valence-electron chi connectivity index (χ4n) is 1.65. The van der Waals surface area contributed by atoms with E-state index in [1.165, 1.54) is 0 Å². The Morgan fingerprint density at radius 1 is 1.40 bits per heavy atom. The van der Waals surface area contributed by atoms with Gasteiger partial charge in [0.15, 0.2) is 0 Å². The highest BCUT2D eigenvalue weighted by atomic mass is 35.5. The minimum Gasteiger partial charge on any atom is -0.491 e. The summed E-state index contributed by atoms with van der Waals surface area (Å²) in [7, 11) is 0. The van der Waals surface area contributed by atoms with Gasteiger partial charge in [-0.2, -0.15) is 0 Å². The molecule has 20 heavy (non-hydrogen) atoms. The molecule has 1 amide bonds. The largest absolute Gasteiger partial charge is 0.491 e. The second-order valence-electron chi connectivity index (χ2n) is 4.69. The number of hydrogen-bond donors (Lipinski definition) is 2. The van der Waals surface area contributed by atoms with Crippen LogP contribution in [0, 0.1) is 5.92 Å². The number of amides is 1. The van der Waals surface area contributed by atoms with E-state index >= 15 is 0 Å². The van der Waals surface area contributed by atoms with Crippen molar-refractivity contribution in [3.05, 3.63) is 23.2 Å². The van der Waals surface area contributed by atoms with E-state index in [9.17, 15) is 4.79 Å². The number of benzene rings is 1. The van der Waals surface area contributed by atoms with E-state index in [1.54, 1.807) is 18.2 Å². The number of carbonyl (C=O) groups excluding carboxylic acids is 1. The normalized spacial score (nSPS) is 12.0. The van der Waals surface area contributed by atoms with Crippen LogP contribution in [0.2, 0.25) is 5.02 Å². The summed E-state index contributed by atoms with van der Waals surface area (Å²) in [6.45, 7) is 8.03. The highest BCUT2D eigenvalue weighted by Crippen LogP contribution is 2.28. The summed E-state index contributed by atoms with van der Waals surface area (Å²) in [6, 6.07) is 5.25. The molecule has 1 rings (SSSR count). The topological polar surface area (TPSA) is 50.4 Å². The minimum absolute atomic E-state index is 0.0467. The lowest BCUT2D eigenvalue weighted by Crippen LogP contribution is -2.30. The molecule has 0 heterocycles. The van der Waals surface area contributed by atoms with E-state index in [0.29, 0.717) is 29.6 Å². The Hall–Kier alpha value is -1.26. The first-order valence-corrected chi connectivity index (χ1v) is 7.40. The van der Waals surface area contributed by atoms with Crippen molar-refractivity contribution in [1.82, 2.24) is 5.32 Å². The van der Waals surface area contributed by atoms with Crippen LogP contribution >= 0.6 is 11.6 Å². The van der Waals surface area contributed by atoms with Gasteiger partial charge in [0.1, 0.15) is 5.75 Å². The zero-order chi connectivity index (χ0) is 15.0. The molecular weight excluding hydrogens is 276 g/mol. The molecule has 0 aromatic heterocycles. The van der Waals surface area contributed by atoms with E-state index in [1.807, 2.05) is 20.8 Å². The van der Waals surface area contributed by atoms with Crippen molar-refractivity contribution in [2.24, 2.45) is 5.92 Å². The standard InChI is InChI=1S/C15H23ClN2O2/c1-4-8-20-14-7-6-12(16)9-13(14)18-15(19)11(3)10-17-5-2/h6-7,9,11,17H,4-5,8,10H2,1-3H3,(H,18,19). The predicted molar refractivity (Wildman–Crippen MR) is 83.6 cm³/mol. The average molecular weight is 299 g/mol. The van der Waals surface area contributed by atoms with Crippen LogP contribution in [0.15, 0.2) is 18.2 Å². The molecule has 112 valence electrons. The summed E-state index contributed by atoms with van der Waals surface area (Å²) in [4.78, 5) is 12.1. The molecule has 0 saturated heterocycles. The summed E-state index contributed by atoms with van der Waals surface area (Å²) in [5.41, 5.74) is 0.624. The molecule has 0 bridgehead atoms. The van der Waals surface area contributed by atoms with Crippen molar-refractivity contribution in [3.8, 4) is 5.75 Å². The maximum absolute atomic E-state index is 12.1. The average Bonchev–Trinajstić information content (AvgIpc) is 2.43. The molecule has 0 aliphatic rings. The molecule has 1 aromatic carbocycles. The molecule has 2 N–H and O–H groups in total. The molecule has 1 atom stereocenters.